The van der Waals surface area contributed by atoms with E-state index in [0.29, 0.717) is 23.3 Å². The van der Waals surface area contributed by atoms with Crippen molar-refractivity contribution in [2.45, 2.75) is 20.3 Å². The summed E-state index contributed by atoms with van der Waals surface area (Å²) < 4.78 is 38.5. The van der Waals surface area contributed by atoms with Crippen LogP contribution in [0.25, 0.3) is 11.1 Å². The molecule has 0 bridgehead atoms. The van der Waals surface area contributed by atoms with Crippen molar-refractivity contribution >= 4 is 5.97 Å². The molecule has 3 nitrogen and oxygen atoms in total. The number of aryl methyl sites for hydroxylation is 1. The van der Waals surface area contributed by atoms with E-state index in [0.717, 1.165) is 0 Å². The number of ether oxygens (including phenoxy) is 2. The Morgan fingerprint density at radius 3 is 2.43 bits per heavy atom. The van der Waals surface area contributed by atoms with Crippen LogP contribution in [0.1, 0.15) is 19.4 Å². The van der Waals surface area contributed by atoms with Crippen LogP contribution in [0.15, 0.2) is 36.4 Å². The minimum atomic E-state index is -0.920. The Morgan fingerprint density at radius 2 is 1.74 bits per heavy atom. The van der Waals surface area contributed by atoms with Gasteiger partial charge in [-0.05, 0) is 25.0 Å². The van der Waals surface area contributed by atoms with Crippen LogP contribution in [0.5, 0.6) is 5.75 Å². The third-order valence-electron chi connectivity index (χ3n) is 3.37. The molecule has 0 saturated carbocycles. The van der Waals surface area contributed by atoms with Gasteiger partial charge in [0.15, 0.2) is 18.2 Å². The molecule has 5 heteroatoms. The molecule has 0 heterocycles. The fourth-order valence-corrected chi connectivity index (χ4v) is 2.22. The van der Waals surface area contributed by atoms with Gasteiger partial charge in [-0.2, -0.15) is 0 Å². The van der Waals surface area contributed by atoms with Gasteiger partial charge in [-0.15, -0.1) is 0 Å². The van der Waals surface area contributed by atoms with Crippen LogP contribution in [0, 0.1) is 11.6 Å². The fraction of sp³-hybridized carbons (Fsp3) is 0.278. The minimum Gasteiger partial charge on any atom is -0.481 e. The molecule has 2 aromatic rings. The number of carbonyl (C=O) groups excluding carboxylic acids is 1. The van der Waals surface area contributed by atoms with Gasteiger partial charge in [-0.3, -0.25) is 0 Å². The van der Waals surface area contributed by atoms with Crippen molar-refractivity contribution in [1.82, 2.24) is 0 Å². The first-order chi connectivity index (χ1) is 11.1. The molecule has 2 aromatic carbocycles. The minimum absolute atomic E-state index is 0.0964. The van der Waals surface area contributed by atoms with Gasteiger partial charge in [-0.25, -0.2) is 13.6 Å². The van der Waals surface area contributed by atoms with Crippen LogP contribution < -0.4 is 4.74 Å². The molecule has 122 valence electrons. The van der Waals surface area contributed by atoms with Crippen LogP contribution in [0.3, 0.4) is 0 Å². The van der Waals surface area contributed by atoms with Crippen molar-refractivity contribution in [2.75, 3.05) is 13.2 Å². The molecule has 0 amide bonds. The first-order valence-electron chi connectivity index (χ1n) is 7.43. The lowest BCUT2D eigenvalue weighted by molar-refractivity contribution is -0.145. The predicted octanol–water partition coefficient (Wildman–Crippen LogP) is 4.14. The lowest BCUT2D eigenvalue weighted by Gasteiger charge is -2.13. The van der Waals surface area contributed by atoms with Gasteiger partial charge in [0, 0.05) is 11.1 Å². The molecule has 0 aromatic heterocycles. The Balaban J connectivity index is 2.34. The third kappa shape index (κ3) is 3.86. The standard InChI is InChI=1S/C18H18F2O3/c1-3-12-9-10-14(18(20)17(12)19)13-7-5-6-8-15(13)23-11-16(21)22-4-2/h5-10H,3-4,11H2,1-2H3. The largest absolute Gasteiger partial charge is 0.481 e. The predicted molar refractivity (Wildman–Crippen MR) is 83.3 cm³/mol. The number of para-hydroxylation sites is 1. The average molecular weight is 320 g/mol. The fourth-order valence-electron chi connectivity index (χ4n) is 2.22. The molecule has 0 atom stereocenters. The zero-order chi connectivity index (χ0) is 16.8. The van der Waals surface area contributed by atoms with Crippen LogP contribution >= 0.6 is 0 Å². The molecule has 0 spiro atoms. The molecule has 2 rings (SSSR count). The van der Waals surface area contributed by atoms with Crippen molar-refractivity contribution in [1.29, 1.82) is 0 Å². The smallest absolute Gasteiger partial charge is 0.344 e. The number of benzene rings is 2. The summed E-state index contributed by atoms with van der Waals surface area (Å²) in [6, 6.07) is 9.67. The Kier molecular flexibility index (Phi) is 5.68. The van der Waals surface area contributed by atoms with E-state index in [4.69, 9.17) is 9.47 Å². The second-order valence-electron chi connectivity index (χ2n) is 4.84. The van der Waals surface area contributed by atoms with E-state index >= 15 is 0 Å². The number of hydrogen-bond donors (Lipinski definition) is 0. The highest BCUT2D eigenvalue weighted by Crippen LogP contribution is 2.33. The van der Waals surface area contributed by atoms with Gasteiger partial charge in [-0.1, -0.05) is 37.3 Å². The summed E-state index contributed by atoms with van der Waals surface area (Å²) in [4.78, 5) is 11.4. The molecule has 0 saturated heterocycles. The van der Waals surface area contributed by atoms with Crippen molar-refractivity contribution in [3.05, 3.63) is 53.6 Å². The summed E-state index contributed by atoms with van der Waals surface area (Å²) in [5.41, 5.74) is 0.797. The van der Waals surface area contributed by atoms with E-state index in [-0.39, 0.29) is 18.8 Å². The molecule has 0 aliphatic carbocycles. The van der Waals surface area contributed by atoms with Crippen molar-refractivity contribution in [2.24, 2.45) is 0 Å². The number of hydrogen-bond acceptors (Lipinski definition) is 3. The van der Waals surface area contributed by atoms with Gasteiger partial charge in [0.1, 0.15) is 5.75 Å². The quantitative estimate of drug-likeness (QED) is 0.751. The summed E-state index contributed by atoms with van der Waals surface area (Å²) in [5.74, 6) is -2.00. The van der Waals surface area contributed by atoms with Crippen molar-refractivity contribution < 1.29 is 23.0 Å². The zero-order valence-corrected chi connectivity index (χ0v) is 13.1. The molecule has 0 radical (unpaired) electrons. The summed E-state index contributed by atoms with van der Waals surface area (Å²) in [5, 5.41) is 0. The van der Waals surface area contributed by atoms with E-state index in [1.165, 1.54) is 6.07 Å². The van der Waals surface area contributed by atoms with Gasteiger partial charge < -0.3 is 9.47 Å². The normalized spacial score (nSPS) is 10.4. The highest BCUT2D eigenvalue weighted by Gasteiger charge is 2.17. The van der Waals surface area contributed by atoms with Crippen LogP contribution in [0.2, 0.25) is 0 Å². The maximum Gasteiger partial charge on any atom is 0.344 e. The molecule has 0 unspecified atom stereocenters. The monoisotopic (exact) mass is 320 g/mol. The number of carbonyl (C=O) groups is 1. The van der Waals surface area contributed by atoms with Crippen LogP contribution in [-0.4, -0.2) is 19.2 Å². The zero-order valence-electron chi connectivity index (χ0n) is 13.1. The number of esters is 1. The molecule has 0 aliphatic heterocycles. The summed E-state index contributed by atoms with van der Waals surface area (Å²) in [6.45, 7) is 3.41. The Labute approximate surface area is 133 Å². The molecule has 0 fully saturated rings. The third-order valence-corrected chi connectivity index (χ3v) is 3.37. The maximum absolute atomic E-state index is 14.3. The highest BCUT2D eigenvalue weighted by atomic mass is 19.2. The van der Waals surface area contributed by atoms with Gasteiger partial charge >= 0.3 is 5.97 Å². The second kappa shape index (κ2) is 7.72. The molecular weight excluding hydrogens is 302 g/mol. The summed E-state index contributed by atoms with van der Waals surface area (Å²) in [7, 11) is 0. The molecule has 0 N–H and O–H groups in total. The number of halogens is 2. The van der Waals surface area contributed by atoms with E-state index in [1.807, 2.05) is 0 Å². The summed E-state index contributed by atoms with van der Waals surface area (Å²) in [6.07, 6.45) is 0.407. The lowest BCUT2D eigenvalue weighted by atomic mass is 10.0. The van der Waals surface area contributed by atoms with E-state index in [2.05, 4.69) is 0 Å². The van der Waals surface area contributed by atoms with Gasteiger partial charge in [0.25, 0.3) is 0 Å². The van der Waals surface area contributed by atoms with Crippen molar-refractivity contribution in [3.8, 4) is 16.9 Å². The molecule has 23 heavy (non-hydrogen) atoms. The van der Waals surface area contributed by atoms with Crippen molar-refractivity contribution in [3.63, 3.8) is 0 Å². The van der Waals surface area contributed by atoms with Crippen LogP contribution in [-0.2, 0) is 16.0 Å². The maximum atomic E-state index is 14.3. The Morgan fingerprint density at radius 1 is 1.00 bits per heavy atom. The van der Waals surface area contributed by atoms with Gasteiger partial charge in [0.05, 0.1) is 6.61 Å². The van der Waals surface area contributed by atoms with Gasteiger partial charge in [0.2, 0.25) is 0 Å². The SMILES string of the molecule is CCOC(=O)COc1ccccc1-c1ccc(CC)c(F)c1F. The Hall–Kier alpha value is -2.43. The first-order valence-corrected chi connectivity index (χ1v) is 7.43. The highest BCUT2D eigenvalue weighted by molar-refractivity contribution is 5.74. The Bertz CT molecular complexity index is 699. The lowest BCUT2D eigenvalue weighted by Crippen LogP contribution is -2.15. The number of rotatable bonds is 6. The summed E-state index contributed by atoms with van der Waals surface area (Å²) >= 11 is 0. The van der Waals surface area contributed by atoms with E-state index < -0.39 is 17.6 Å². The van der Waals surface area contributed by atoms with E-state index in [9.17, 15) is 13.6 Å². The topological polar surface area (TPSA) is 35.5 Å². The van der Waals surface area contributed by atoms with E-state index in [1.54, 1.807) is 44.2 Å². The molecule has 0 aliphatic rings. The second-order valence-corrected chi connectivity index (χ2v) is 4.84. The first kappa shape index (κ1) is 16.9. The van der Waals surface area contributed by atoms with Crippen LogP contribution in [0.4, 0.5) is 8.78 Å². The molecular formula is C18H18F2O3. The average Bonchev–Trinajstić information content (AvgIpc) is 2.56.